The molecule has 1 atom stereocenters. The number of carbonyl (C=O) groups is 1. The summed E-state index contributed by atoms with van der Waals surface area (Å²) >= 11 is 0. The number of aryl methyl sites for hydroxylation is 1. The maximum atomic E-state index is 12.3. The molecule has 0 aromatic carbocycles. The first kappa shape index (κ1) is 13.0. The number of carbonyl (C=O) groups excluding carboxylic acids is 1. The maximum Gasteiger partial charge on any atom is 0.252 e. The number of rotatable bonds is 1. The first-order valence-electron chi connectivity index (χ1n) is 6.29. The molecule has 98 valence electrons. The van der Waals surface area contributed by atoms with Gasteiger partial charge in [-0.15, -0.1) is 0 Å². The van der Waals surface area contributed by atoms with E-state index in [4.69, 9.17) is 4.84 Å². The molecular weight excluding hydrogens is 228 g/mol. The summed E-state index contributed by atoms with van der Waals surface area (Å²) < 4.78 is 0. The van der Waals surface area contributed by atoms with Crippen LogP contribution in [0.3, 0.4) is 0 Å². The molecule has 1 fully saturated rings. The molecule has 4 heteroatoms. The van der Waals surface area contributed by atoms with Crippen LogP contribution in [0.5, 0.6) is 0 Å². The van der Waals surface area contributed by atoms with E-state index in [0.29, 0.717) is 6.61 Å². The van der Waals surface area contributed by atoms with Gasteiger partial charge in [0.05, 0.1) is 12.6 Å². The smallest absolute Gasteiger partial charge is 0.252 e. The van der Waals surface area contributed by atoms with Crippen LogP contribution >= 0.6 is 0 Å². The lowest BCUT2D eigenvalue weighted by Gasteiger charge is -2.29. The van der Waals surface area contributed by atoms with Crippen LogP contribution in [0.4, 0.5) is 0 Å². The van der Waals surface area contributed by atoms with Crippen LogP contribution in [0.2, 0.25) is 0 Å². The van der Waals surface area contributed by atoms with Crippen molar-refractivity contribution in [1.29, 1.82) is 0 Å². The predicted octanol–water partition coefficient (Wildman–Crippen LogP) is 2.64. The first-order chi connectivity index (χ1) is 8.39. The van der Waals surface area contributed by atoms with Gasteiger partial charge in [0.25, 0.3) is 5.91 Å². The van der Waals surface area contributed by atoms with E-state index in [0.717, 1.165) is 17.7 Å². The molecule has 4 nitrogen and oxygen atoms in total. The monoisotopic (exact) mass is 248 g/mol. The van der Waals surface area contributed by atoms with E-state index < -0.39 is 5.41 Å². The third-order valence-electron chi connectivity index (χ3n) is 3.07. The highest BCUT2D eigenvalue weighted by Gasteiger charge is 2.37. The van der Waals surface area contributed by atoms with Gasteiger partial charge in [0, 0.05) is 23.7 Å². The summed E-state index contributed by atoms with van der Waals surface area (Å²) in [5, 5.41) is 1.52. The molecule has 1 saturated heterocycles. The van der Waals surface area contributed by atoms with Crippen LogP contribution in [0.1, 0.15) is 44.5 Å². The van der Waals surface area contributed by atoms with Crippen LogP contribution in [-0.2, 0) is 9.63 Å². The Balaban J connectivity index is 2.22. The molecule has 0 radical (unpaired) electrons. The van der Waals surface area contributed by atoms with Crippen molar-refractivity contribution in [3.8, 4) is 0 Å². The summed E-state index contributed by atoms with van der Waals surface area (Å²) in [6, 6.07) is 3.97. The second-order valence-electron chi connectivity index (χ2n) is 5.75. The van der Waals surface area contributed by atoms with Gasteiger partial charge < -0.3 is 0 Å². The zero-order valence-corrected chi connectivity index (χ0v) is 11.4. The second-order valence-corrected chi connectivity index (χ2v) is 5.75. The minimum absolute atomic E-state index is 0.00942. The Labute approximate surface area is 108 Å². The van der Waals surface area contributed by atoms with Crippen molar-refractivity contribution in [2.75, 3.05) is 6.61 Å². The highest BCUT2D eigenvalue weighted by Crippen LogP contribution is 2.33. The first-order valence-corrected chi connectivity index (χ1v) is 6.29. The molecule has 2 heterocycles. The van der Waals surface area contributed by atoms with Crippen LogP contribution in [0.25, 0.3) is 0 Å². The Morgan fingerprint density at radius 3 is 2.72 bits per heavy atom. The van der Waals surface area contributed by atoms with E-state index in [1.165, 1.54) is 5.06 Å². The fourth-order valence-corrected chi connectivity index (χ4v) is 1.98. The summed E-state index contributed by atoms with van der Waals surface area (Å²) in [4.78, 5) is 22.1. The molecule has 1 aliphatic rings. The molecule has 18 heavy (non-hydrogen) atoms. The second kappa shape index (κ2) is 4.69. The number of hydrogen-bond donors (Lipinski definition) is 0. The van der Waals surface area contributed by atoms with Crippen molar-refractivity contribution in [2.24, 2.45) is 5.41 Å². The summed E-state index contributed by atoms with van der Waals surface area (Å²) in [6.07, 6.45) is 2.66. The zero-order chi connectivity index (χ0) is 13.3. The fourth-order valence-electron chi connectivity index (χ4n) is 1.98. The third kappa shape index (κ3) is 2.53. The molecular formula is C14H20N2O2. The molecule has 0 saturated carbocycles. The average Bonchev–Trinajstić information content (AvgIpc) is 2.76. The van der Waals surface area contributed by atoms with Gasteiger partial charge >= 0.3 is 0 Å². The van der Waals surface area contributed by atoms with Crippen LogP contribution in [0, 0.1) is 12.3 Å². The lowest BCUT2D eigenvalue weighted by atomic mass is 9.94. The maximum absolute atomic E-state index is 12.3. The quantitative estimate of drug-likeness (QED) is 0.767. The van der Waals surface area contributed by atoms with Crippen molar-refractivity contribution in [3.05, 3.63) is 29.6 Å². The van der Waals surface area contributed by atoms with Gasteiger partial charge in [-0.25, -0.2) is 5.06 Å². The highest BCUT2D eigenvalue weighted by atomic mass is 16.7. The zero-order valence-electron chi connectivity index (χ0n) is 11.4. The summed E-state index contributed by atoms with van der Waals surface area (Å²) in [5.74, 6) is 0.0191. The number of hydrogen-bond acceptors (Lipinski definition) is 3. The molecule has 0 bridgehead atoms. The normalized spacial score (nSPS) is 20.2. The topological polar surface area (TPSA) is 42.4 Å². The van der Waals surface area contributed by atoms with Crippen molar-refractivity contribution < 1.29 is 9.63 Å². The minimum Gasteiger partial charge on any atom is -0.272 e. The largest absolute Gasteiger partial charge is 0.272 e. The van der Waals surface area contributed by atoms with Crippen LogP contribution in [0.15, 0.2) is 18.3 Å². The van der Waals surface area contributed by atoms with E-state index in [1.807, 2.05) is 46.0 Å². The molecule has 0 N–H and O–H groups in total. The van der Waals surface area contributed by atoms with Gasteiger partial charge in [-0.1, -0.05) is 26.8 Å². The van der Waals surface area contributed by atoms with Gasteiger partial charge in [0.15, 0.2) is 0 Å². The molecule has 0 aliphatic carbocycles. The van der Waals surface area contributed by atoms with Crippen molar-refractivity contribution >= 4 is 5.91 Å². The Bertz CT molecular complexity index is 434. The number of aromatic nitrogens is 1. The van der Waals surface area contributed by atoms with Gasteiger partial charge in [0.1, 0.15) is 0 Å². The molecule has 1 aromatic rings. The lowest BCUT2D eigenvalue weighted by molar-refractivity contribution is -0.186. The SMILES string of the molecule is Cc1ccc([C@@H]2CCON2C(=O)C(C)(C)C)cn1. The Morgan fingerprint density at radius 2 is 2.17 bits per heavy atom. The Morgan fingerprint density at radius 1 is 1.44 bits per heavy atom. The van der Waals surface area contributed by atoms with E-state index in [9.17, 15) is 4.79 Å². The van der Waals surface area contributed by atoms with Gasteiger partial charge in [-0.05, 0) is 18.6 Å². The highest BCUT2D eigenvalue weighted by molar-refractivity contribution is 5.81. The van der Waals surface area contributed by atoms with Crippen LogP contribution < -0.4 is 0 Å². The molecule has 0 unspecified atom stereocenters. The minimum atomic E-state index is -0.430. The molecule has 1 aliphatic heterocycles. The summed E-state index contributed by atoms with van der Waals surface area (Å²) in [7, 11) is 0. The number of hydroxylamine groups is 2. The molecule has 1 aromatic heterocycles. The predicted molar refractivity (Wildman–Crippen MR) is 68.6 cm³/mol. The fraction of sp³-hybridized carbons (Fsp3) is 0.571. The Kier molecular flexibility index (Phi) is 3.39. The standard InChI is InChI=1S/C14H20N2O2/c1-10-5-6-11(9-15-10)12-7-8-18-16(12)13(17)14(2,3)4/h5-6,9,12H,7-8H2,1-4H3/t12-/m0/s1. The molecule has 0 spiro atoms. The number of amides is 1. The number of pyridine rings is 1. The van der Waals surface area contributed by atoms with Crippen molar-refractivity contribution in [3.63, 3.8) is 0 Å². The van der Waals surface area contributed by atoms with Gasteiger partial charge in [-0.3, -0.25) is 14.6 Å². The van der Waals surface area contributed by atoms with Crippen molar-refractivity contribution in [2.45, 2.75) is 40.2 Å². The van der Waals surface area contributed by atoms with E-state index in [2.05, 4.69) is 4.98 Å². The molecule has 1 amide bonds. The lowest BCUT2D eigenvalue weighted by Crippen LogP contribution is -2.38. The van der Waals surface area contributed by atoms with Crippen LogP contribution in [-0.4, -0.2) is 22.6 Å². The summed E-state index contributed by atoms with van der Waals surface area (Å²) in [5.41, 5.74) is 1.59. The Hall–Kier alpha value is -1.42. The number of nitrogens with zero attached hydrogens (tertiary/aromatic N) is 2. The third-order valence-corrected chi connectivity index (χ3v) is 3.07. The van der Waals surface area contributed by atoms with Gasteiger partial charge in [-0.2, -0.15) is 0 Å². The van der Waals surface area contributed by atoms with E-state index in [1.54, 1.807) is 0 Å². The van der Waals surface area contributed by atoms with E-state index in [-0.39, 0.29) is 11.9 Å². The average molecular weight is 248 g/mol. The molecule has 2 rings (SSSR count). The van der Waals surface area contributed by atoms with Crippen molar-refractivity contribution in [1.82, 2.24) is 10.0 Å². The summed E-state index contributed by atoms with van der Waals surface area (Å²) in [6.45, 7) is 8.25. The van der Waals surface area contributed by atoms with E-state index >= 15 is 0 Å². The van der Waals surface area contributed by atoms with Gasteiger partial charge in [0.2, 0.25) is 0 Å².